The van der Waals surface area contributed by atoms with Gasteiger partial charge >= 0.3 is 0 Å². The summed E-state index contributed by atoms with van der Waals surface area (Å²) in [5.74, 6) is 0.368. The van der Waals surface area contributed by atoms with E-state index in [9.17, 15) is 13.2 Å². The van der Waals surface area contributed by atoms with Crippen LogP contribution in [0.25, 0.3) is 22.6 Å². The smallest absolute Gasteiger partial charge is 0.244 e. The van der Waals surface area contributed by atoms with E-state index in [1.165, 1.54) is 30.5 Å². The largest absolute Gasteiger partial charge is 0.325 e. The predicted molar refractivity (Wildman–Crippen MR) is 112 cm³/mol. The Hall–Kier alpha value is -3.08. The number of hydrogen-bond acceptors (Lipinski definition) is 6. The van der Waals surface area contributed by atoms with Crippen molar-refractivity contribution in [3.05, 3.63) is 59.4 Å². The summed E-state index contributed by atoms with van der Waals surface area (Å²) in [6.07, 6.45) is 0. The van der Waals surface area contributed by atoms with Gasteiger partial charge in [0.1, 0.15) is 12.2 Å². The number of fused-ring (bicyclic) bond motifs is 1. The lowest BCUT2D eigenvalue weighted by Crippen LogP contribution is -2.20. The second-order valence-electron chi connectivity index (χ2n) is 6.16. The van der Waals surface area contributed by atoms with E-state index in [0.717, 1.165) is 11.0 Å². The first-order valence-electron chi connectivity index (χ1n) is 8.65. The van der Waals surface area contributed by atoms with Gasteiger partial charge < -0.3 is 9.88 Å². The molecule has 2 heterocycles. The van der Waals surface area contributed by atoms with E-state index in [1.54, 1.807) is 17.6 Å². The maximum absolute atomic E-state index is 12.7. The van der Waals surface area contributed by atoms with Gasteiger partial charge in [-0.25, -0.2) is 23.1 Å². The highest BCUT2D eigenvalue weighted by molar-refractivity contribution is 7.89. The van der Waals surface area contributed by atoms with Gasteiger partial charge in [0, 0.05) is 11.1 Å². The van der Waals surface area contributed by atoms with Crippen LogP contribution in [0.4, 0.5) is 5.69 Å². The first kappa shape index (κ1) is 19.2. The molecule has 0 unspecified atom stereocenters. The van der Waals surface area contributed by atoms with E-state index in [4.69, 9.17) is 0 Å². The van der Waals surface area contributed by atoms with Crippen LogP contribution in [0.2, 0.25) is 0 Å². The Balaban J connectivity index is 1.59. The Labute approximate surface area is 171 Å². The molecule has 8 nitrogen and oxygen atoms in total. The van der Waals surface area contributed by atoms with E-state index < -0.39 is 10.0 Å². The second-order valence-corrected chi connectivity index (χ2v) is 8.77. The summed E-state index contributed by atoms with van der Waals surface area (Å²) in [6, 6.07) is 13.6. The van der Waals surface area contributed by atoms with Crippen molar-refractivity contribution < 1.29 is 13.2 Å². The number of aromatic nitrogens is 3. The van der Waals surface area contributed by atoms with Crippen LogP contribution in [0.5, 0.6) is 0 Å². The van der Waals surface area contributed by atoms with Gasteiger partial charge in [-0.2, -0.15) is 0 Å². The molecule has 148 valence electrons. The van der Waals surface area contributed by atoms with Gasteiger partial charge in [0.25, 0.3) is 0 Å². The zero-order chi connectivity index (χ0) is 20.4. The highest BCUT2D eigenvalue weighted by Crippen LogP contribution is 2.25. The van der Waals surface area contributed by atoms with Crippen LogP contribution in [-0.2, 0) is 21.4 Å². The number of thiazole rings is 1. The highest BCUT2D eigenvalue weighted by atomic mass is 32.2. The monoisotopic (exact) mass is 427 g/mol. The van der Waals surface area contributed by atoms with Crippen LogP contribution >= 0.6 is 11.3 Å². The predicted octanol–water partition coefficient (Wildman–Crippen LogP) is 2.71. The third-order valence-electron chi connectivity index (χ3n) is 4.33. The third-order valence-corrected chi connectivity index (χ3v) is 6.35. The molecule has 0 spiro atoms. The Morgan fingerprint density at radius 2 is 1.90 bits per heavy atom. The molecule has 2 N–H and O–H groups in total. The molecule has 1 amide bonds. The number of amides is 1. The zero-order valence-electron chi connectivity index (χ0n) is 15.4. The minimum absolute atomic E-state index is 0.0456. The average molecular weight is 428 g/mol. The molecule has 0 atom stereocenters. The summed E-state index contributed by atoms with van der Waals surface area (Å²) < 4.78 is 27.7. The molecule has 0 aliphatic carbocycles. The third kappa shape index (κ3) is 3.90. The van der Waals surface area contributed by atoms with E-state index in [1.807, 2.05) is 34.2 Å². The van der Waals surface area contributed by atoms with Crippen molar-refractivity contribution in [1.82, 2.24) is 19.3 Å². The van der Waals surface area contributed by atoms with Crippen LogP contribution in [-0.4, -0.2) is 35.9 Å². The van der Waals surface area contributed by atoms with Crippen LogP contribution in [0, 0.1) is 0 Å². The molecule has 0 radical (unpaired) electrons. The number of nitrogens with zero attached hydrogens (tertiary/aromatic N) is 3. The van der Waals surface area contributed by atoms with E-state index in [-0.39, 0.29) is 17.3 Å². The number of carbonyl (C=O) groups is 1. The SMILES string of the molecule is CNS(=O)(=O)c1ccc(NC(=O)Cn2c(-c3cscn3)nc3ccccc32)cc1. The lowest BCUT2D eigenvalue weighted by molar-refractivity contribution is -0.116. The van der Waals surface area contributed by atoms with Crippen molar-refractivity contribution >= 4 is 44.0 Å². The van der Waals surface area contributed by atoms with E-state index in [0.29, 0.717) is 17.2 Å². The molecule has 0 bridgehead atoms. The quantitative estimate of drug-likeness (QED) is 0.492. The Morgan fingerprint density at radius 1 is 1.14 bits per heavy atom. The fraction of sp³-hybridized carbons (Fsp3) is 0.105. The summed E-state index contributed by atoms with van der Waals surface area (Å²) >= 11 is 1.46. The summed E-state index contributed by atoms with van der Waals surface area (Å²) in [5, 5.41) is 4.68. The Morgan fingerprint density at radius 3 is 2.59 bits per heavy atom. The zero-order valence-corrected chi connectivity index (χ0v) is 17.0. The van der Waals surface area contributed by atoms with Gasteiger partial charge in [0.15, 0.2) is 5.82 Å². The number of sulfonamides is 1. The van der Waals surface area contributed by atoms with Crippen LogP contribution < -0.4 is 10.0 Å². The Bertz CT molecular complexity index is 1260. The number of rotatable bonds is 6. The van der Waals surface area contributed by atoms with Crippen molar-refractivity contribution in [2.24, 2.45) is 0 Å². The lowest BCUT2D eigenvalue weighted by Gasteiger charge is -2.10. The molecular weight excluding hydrogens is 410 g/mol. The summed E-state index contributed by atoms with van der Waals surface area (Å²) in [7, 11) is -2.17. The normalized spacial score (nSPS) is 11.6. The molecule has 0 aliphatic heterocycles. The van der Waals surface area contributed by atoms with Gasteiger partial charge in [-0.1, -0.05) is 12.1 Å². The number of imidazole rings is 1. The second kappa shape index (κ2) is 7.74. The minimum Gasteiger partial charge on any atom is -0.325 e. The van der Waals surface area contributed by atoms with Crippen molar-refractivity contribution in [2.45, 2.75) is 11.4 Å². The van der Waals surface area contributed by atoms with Gasteiger partial charge in [-0.05, 0) is 43.4 Å². The Kier molecular flexibility index (Phi) is 5.14. The fourth-order valence-electron chi connectivity index (χ4n) is 2.93. The van der Waals surface area contributed by atoms with Crippen molar-refractivity contribution in [1.29, 1.82) is 0 Å². The topological polar surface area (TPSA) is 106 Å². The molecular formula is C19H17N5O3S2. The number of hydrogen-bond donors (Lipinski definition) is 2. The fourth-order valence-corrected chi connectivity index (χ4v) is 4.19. The molecule has 4 aromatic rings. The van der Waals surface area contributed by atoms with Crippen molar-refractivity contribution in [2.75, 3.05) is 12.4 Å². The first-order chi connectivity index (χ1) is 14.0. The summed E-state index contributed by atoms with van der Waals surface area (Å²) in [6.45, 7) is 0.0456. The molecule has 10 heteroatoms. The number of carbonyl (C=O) groups excluding carboxylic acids is 1. The summed E-state index contributed by atoms with van der Waals surface area (Å²) in [4.78, 5) is 21.7. The molecule has 0 aliphatic rings. The number of nitrogens with one attached hydrogen (secondary N) is 2. The summed E-state index contributed by atoms with van der Waals surface area (Å²) in [5.41, 5.74) is 4.55. The van der Waals surface area contributed by atoms with Gasteiger partial charge in [-0.3, -0.25) is 4.79 Å². The number of anilines is 1. The molecule has 2 aromatic heterocycles. The van der Waals surface area contributed by atoms with Crippen molar-refractivity contribution in [3.63, 3.8) is 0 Å². The van der Waals surface area contributed by atoms with Crippen LogP contribution in [0.1, 0.15) is 0 Å². The van der Waals surface area contributed by atoms with Crippen LogP contribution in [0.3, 0.4) is 0 Å². The molecule has 0 saturated heterocycles. The van der Waals surface area contributed by atoms with E-state index in [2.05, 4.69) is 20.0 Å². The molecule has 4 rings (SSSR count). The average Bonchev–Trinajstić information content (AvgIpc) is 3.37. The van der Waals surface area contributed by atoms with Gasteiger partial charge in [0.05, 0.1) is 21.4 Å². The van der Waals surface area contributed by atoms with Gasteiger partial charge in [-0.15, -0.1) is 11.3 Å². The molecule has 2 aromatic carbocycles. The minimum atomic E-state index is -3.52. The van der Waals surface area contributed by atoms with Gasteiger partial charge in [0.2, 0.25) is 15.9 Å². The van der Waals surface area contributed by atoms with Crippen LogP contribution in [0.15, 0.2) is 64.3 Å². The maximum atomic E-state index is 12.7. The molecule has 0 saturated carbocycles. The first-order valence-corrected chi connectivity index (χ1v) is 11.1. The highest BCUT2D eigenvalue weighted by Gasteiger charge is 2.17. The van der Waals surface area contributed by atoms with E-state index >= 15 is 0 Å². The standard InChI is InChI=1S/C19H17N5O3S2/c1-20-29(26,27)14-8-6-13(7-9-14)22-18(25)10-24-17-5-3-2-4-15(17)23-19(24)16-11-28-12-21-16/h2-9,11-12,20H,10H2,1H3,(H,22,25). The number of para-hydroxylation sites is 2. The van der Waals surface area contributed by atoms with Crippen molar-refractivity contribution in [3.8, 4) is 11.5 Å². The lowest BCUT2D eigenvalue weighted by atomic mass is 10.3. The maximum Gasteiger partial charge on any atom is 0.244 e. The number of benzene rings is 2. The molecule has 0 fully saturated rings. The molecule has 29 heavy (non-hydrogen) atoms.